The summed E-state index contributed by atoms with van der Waals surface area (Å²) in [6.07, 6.45) is -2.00. The summed E-state index contributed by atoms with van der Waals surface area (Å²) in [7, 11) is 4.02. The Bertz CT molecular complexity index is 1840. The van der Waals surface area contributed by atoms with Crippen molar-refractivity contribution in [2.75, 3.05) is 27.9 Å². The van der Waals surface area contributed by atoms with Gasteiger partial charge in [0.25, 0.3) is 0 Å². The van der Waals surface area contributed by atoms with Gasteiger partial charge in [0.15, 0.2) is 40.3 Å². The molecule has 6 N–H and O–H groups in total. The smallest absolute Gasteiger partial charge is 0.231 e. The quantitative estimate of drug-likeness (QED) is 0.166. The molecule has 1 heterocycles. The maximum absolute atomic E-state index is 14.3. The lowest BCUT2D eigenvalue weighted by atomic mass is 9.69. The molecule has 0 radical (unpaired) electrons. The lowest BCUT2D eigenvalue weighted by molar-refractivity contribution is -0.122. The van der Waals surface area contributed by atoms with Crippen LogP contribution in [0.15, 0.2) is 53.8 Å². The molecule has 254 valence electrons. The number of aliphatic hydroxyl groups is 2. The van der Waals surface area contributed by atoms with Gasteiger partial charge in [-0.2, -0.15) is 0 Å². The molecular formula is C34H34ClNO12. The minimum atomic E-state index is -2.11. The van der Waals surface area contributed by atoms with Crippen LogP contribution in [-0.4, -0.2) is 76.5 Å². The van der Waals surface area contributed by atoms with Gasteiger partial charge in [0, 0.05) is 42.9 Å². The van der Waals surface area contributed by atoms with E-state index in [9.17, 15) is 39.9 Å². The molecule has 0 bridgehead atoms. The molecule has 1 aliphatic carbocycles. The highest BCUT2D eigenvalue weighted by atomic mass is 35.5. The zero-order valence-corrected chi connectivity index (χ0v) is 27.1. The molecule has 3 aromatic carbocycles. The Kier molecular flexibility index (Phi) is 9.38. The number of phenolic OH excluding ortho intramolecular Hbond substituents is 3. The number of fused-ring (bicyclic) bond motifs is 1. The van der Waals surface area contributed by atoms with Crippen molar-refractivity contribution >= 4 is 29.1 Å². The van der Waals surface area contributed by atoms with Gasteiger partial charge in [0.2, 0.25) is 17.3 Å². The number of aromatic hydroxyl groups is 3. The number of carbonyl (C=O) groups is 3. The van der Waals surface area contributed by atoms with E-state index in [1.54, 1.807) is 6.92 Å². The molecule has 4 atom stereocenters. The second kappa shape index (κ2) is 13.2. The Morgan fingerprint density at radius 3 is 2.23 bits per heavy atom. The highest BCUT2D eigenvalue weighted by molar-refractivity contribution is 6.35. The molecule has 13 nitrogen and oxygen atoms in total. The van der Waals surface area contributed by atoms with Gasteiger partial charge in [0.05, 0.1) is 27.4 Å². The topological polar surface area (TPSA) is 201 Å². The van der Waals surface area contributed by atoms with Crippen molar-refractivity contribution in [1.29, 1.82) is 0 Å². The zero-order valence-electron chi connectivity index (χ0n) is 26.4. The second-order valence-corrected chi connectivity index (χ2v) is 11.9. The van der Waals surface area contributed by atoms with Gasteiger partial charge in [-0.15, -0.1) is 0 Å². The summed E-state index contributed by atoms with van der Waals surface area (Å²) in [6, 6.07) is 9.26. The largest absolute Gasteiger partial charge is 0.507 e. The maximum Gasteiger partial charge on any atom is 0.231 e. The van der Waals surface area contributed by atoms with Gasteiger partial charge in [-0.25, -0.2) is 0 Å². The van der Waals surface area contributed by atoms with Crippen molar-refractivity contribution in [2.24, 2.45) is 5.92 Å². The minimum Gasteiger partial charge on any atom is -0.507 e. The average molecular weight is 684 g/mol. The van der Waals surface area contributed by atoms with E-state index < -0.39 is 58.9 Å². The number of rotatable bonds is 10. The van der Waals surface area contributed by atoms with Gasteiger partial charge in [0.1, 0.15) is 22.1 Å². The zero-order chi connectivity index (χ0) is 35.1. The van der Waals surface area contributed by atoms with Gasteiger partial charge in [-0.1, -0.05) is 30.7 Å². The maximum atomic E-state index is 14.3. The molecule has 48 heavy (non-hydrogen) atoms. The lowest BCUT2D eigenvalue weighted by Crippen LogP contribution is -2.53. The third-order valence-corrected chi connectivity index (χ3v) is 9.09. The van der Waals surface area contributed by atoms with Crippen LogP contribution in [0.4, 0.5) is 0 Å². The number of allylic oxidation sites excluding steroid dienone is 1. The van der Waals surface area contributed by atoms with Crippen molar-refractivity contribution in [1.82, 2.24) is 5.32 Å². The lowest BCUT2D eigenvalue weighted by Gasteiger charge is -2.38. The Hall–Kier alpha value is -5.14. The van der Waals surface area contributed by atoms with Crippen LogP contribution in [0.3, 0.4) is 0 Å². The number of methoxy groups -OCH3 is 3. The van der Waals surface area contributed by atoms with Crippen LogP contribution in [0, 0.1) is 5.92 Å². The van der Waals surface area contributed by atoms with Gasteiger partial charge in [-0.05, 0) is 35.4 Å². The van der Waals surface area contributed by atoms with Crippen LogP contribution in [0.1, 0.15) is 53.3 Å². The van der Waals surface area contributed by atoms with Crippen molar-refractivity contribution in [3.8, 4) is 40.2 Å². The Labute approximate surface area is 279 Å². The van der Waals surface area contributed by atoms with E-state index in [1.807, 2.05) is 0 Å². The number of ketones is 2. The number of nitrogens with one attached hydrogen (secondary N) is 1. The minimum absolute atomic E-state index is 0.0242. The van der Waals surface area contributed by atoms with E-state index in [4.69, 9.17) is 30.5 Å². The third-order valence-electron chi connectivity index (χ3n) is 8.73. The normalized spacial score (nSPS) is 19.8. The van der Waals surface area contributed by atoms with Crippen LogP contribution in [0.2, 0.25) is 5.02 Å². The van der Waals surface area contributed by atoms with E-state index in [1.165, 1.54) is 57.7 Å². The van der Waals surface area contributed by atoms with Crippen LogP contribution >= 0.6 is 11.6 Å². The number of Topliss-reactive ketones (excluding diaryl/α,β-unsaturated/α-hetero) is 2. The van der Waals surface area contributed by atoms with Gasteiger partial charge < -0.3 is 49.8 Å². The fourth-order valence-corrected chi connectivity index (χ4v) is 6.43. The summed E-state index contributed by atoms with van der Waals surface area (Å²) < 4.78 is 22.2. The van der Waals surface area contributed by atoms with E-state index in [-0.39, 0.29) is 74.7 Å². The van der Waals surface area contributed by atoms with Crippen LogP contribution in [0.25, 0.3) is 0 Å². The molecule has 0 fully saturated rings. The summed E-state index contributed by atoms with van der Waals surface area (Å²) in [5.41, 5.74) is -1.94. The first-order chi connectivity index (χ1) is 22.8. The molecule has 3 aromatic rings. The molecule has 14 heteroatoms. The molecule has 0 saturated carbocycles. The number of hydrogen-bond acceptors (Lipinski definition) is 12. The Balaban J connectivity index is 1.57. The number of ether oxygens (including phenoxy) is 4. The number of phenols is 3. The molecule has 1 aliphatic heterocycles. The second-order valence-electron chi connectivity index (χ2n) is 11.5. The molecular weight excluding hydrogens is 650 g/mol. The molecule has 5 rings (SSSR count). The fourth-order valence-electron chi connectivity index (χ4n) is 6.17. The number of aliphatic hydroxyl groups excluding tert-OH is 2. The van der Waals surface area contributed by atoms with E-state index in [0.717, 1.165) is 6.07 Å². The molecule has 1 spiro atoms. The average Bonchev–Trinajstić information content (AvgIpc) is 3.38. The SMILES string of the molecule is COc1cc(C(CC(=O)NCC(O)c2ccc(O)c(O)c2)C2=C(O)[C@@]3(Oc4c(Cl)c(OC)cc(OC)c4C3=O)[C@H](C)CC2=O)ccc1O. The Morgan fingerprint density at radius 1 is 0.938 bits per heavy atom. The first kappa shape index (κ1) is 34.2. The van der Waals surface area contributed by atoms with Gasteiger partial charge in [-0.3, -0.25) is 14.4 Å². The van der Waals surface area contributed by atoms with Crippen molar-refractivity contribution < 1.29 is 58.9 Å². The molecule has 2 aliphatic rings. The summed E-state index contributed by atoms with van der Waals surface area (Å²) in [5, 5.41) is 54.8. The first-order valence-corrected chi connectivity index (χ1v) is 15.1. The van der Waals surface area contributed by atoms with Crippen LogP contribution in [-0.2, 0) is 9.59 Å². The number of hydrogen-bond donors (Lipinski definition) is 6. The number of benzene rings is 3. The molecule has 0 saturated heterocycles. The number of amides is 1. The number of carbonyl (C=O) groups excluding carboxylic acids is 3. The van der Waals surface area contributed by atoms with E-state index in [0.29, 0.717) is 0 Å². The monoisotopic (exact) mass is 683 g/mol. The third kappa shape index (κ3) is 5.69. The predicted octanol–water partition coefficient (Wildman–Crippen LogP) is 4.24. The molecule has 0 aromatic heterocycles. The van der Waals surface area contributed by atoms with E-state index >= 15 is 0 Å². The summed E-state index contributed by atoms with van der Waals surface area (Å²) >= 11 is 6.55. The highest BCUT2D eigenvalue weighted by Gasteiger charge is 2.61. The van der Waals surface area contributed by atoms with Crippen molar-refractivity contribution in [3.05, 3.63) is 75.5 Å². The van der Waals surface area contributed by atoms with Crippen LogP contribution in [0.5, 0.6) is 40.2 Å². The van der Waals surface area contributed by atoms with Crippen LogP contribution < -0.4 is 24.3 Å². The molecule has 1 amide bonds. The summed E-state index contributed by atoms with van der Waals surface area (Å²) in [6.45, 7) is 1.26. The van der Waals surface area contributed by atoms with Crippen molar-refractivity contribution in [3.63, 3.8) is 0 Å². The van der Waals surface area contributed by atoms with Gasteiger partial charge >= 0.3 is 0 Å². The first-order valence-electron chi connectivity index (χ1n) is 14.8. The summed E-state index contributed by atoms with van der Waals surface area (Å²) in [4.78, 5) is 41.5. The fraction of sp³-hybridized carbons (Fsp3) is 0.324. The standard InChI is InChI=1S/C34H34ClNO12/c1-15-9-22(40)28(32(43)34(15)33(44)29-25(46-3)13-26(47-4)30(35)31(29)48-34)18(16-5-8-20(38)24(11-16)45-2)12-27(42)36-14-23(41)17-6-7-19(37)21(39)10-17/h5-8,10-11,13,15,18,23,37-39,41,43H,9,12,14H2,1-4H3,(H,36,42)/t15-,18?,23?,34+/m1/s1. The van der Waals surface area contributed by atoms with E-state index in [2.05, 4.69) is 5.32 Å². The predicted molar refractivity (Wildman–Crippen MR) is 170 cm³/mol. The molecule has 2 unspecified atom stereocenters. The Morgan fingerprint density at radius 2 is 1.58 bits per heavy atom. The van der Waals surface area contributed by atoms with Crippen molar-refractivity contribution in [2.45, 2.75) is 37.4 Å². The summed E-state index contributed by atoms with van der Waals surface area (Å²) in [5.74, 6) is -5.63. The highest BCUT2D eigenvalue weighted by Crippen LogP contribution is 2.56. The number of halogens is 1.